The monoisotopic (exact) mass is 325 g/mol. The maximum absolute atomic E-state index is 6.00. The number of nitrogens with zero attached hydrogens (tertiary/aromatic N) is 3. The summed E-state index contributed by atoms with van der Waals surface area (Å²) < 4.78 is 6.00. The summed E-state index contributed by atoms with van der Waals surface area (Å²) in [6, 6.07) is 0.640. The molecule has 0 radical (unpaired) electrons. The van der Waals surface area contributed by atoms with Crippen LogP contribution in [0.15, 0.2) is 0 Å². The van der Waals surface area contributed by atoms with Gasteiger partial charge in [-0.15, -0.1) is 0 Å². The van der Waals surface area contributed by atoms with Crippen LogP contribution < -0.4 is 0 Å². The van der Waals surface area contributed by atoms with Crippen LogP contribution in [0.5, 0.6) is 0 Å². The van der Waals surface area contributed by atoms with Gasteiger partial charge >= 0.3 is 0 Å². The molecule has 23 heavy (non-hydrogen) atoms. The highest BCUT2D eigenvalue weighted by Gasteiger charge is 2.26. The minimum Gasteiger partial charge on any atom is -0.374 e. The standard InChI is InChI=1S/C19H39N3O/c1-16(2)12-18(5)13-20-6-8-21(9-7-20)14-19-15-22(17(3)4)10-11-23-19/h16-19H,6-15H2,1-5H3. The Balaban J connectivity index is 1.66. The molecule has 0 bridgehead atoms. The van der Waals surface area contributed by atoms with Gasteiger partial charge in [0.05, 0.1) is 12.7 Å². The van der Waals surface area contributed by atoms with Crippen molar-refractivity contribution in [3.63, 3.8) is 0 Å². The fraction of sp³-hybridized carbons (Fsp3) is 1.00. The highest BCUT2D eigenvalue weighted by Crippen LogP contribution is 2.15. The molecule has 136 valence electrons. The van der Waals surface area contributed by atoms with Gasteiger partial charge in [-0.25, -0.2) is 0 Å². The molecule has 2 unspecified atom stereocenters. The minimum absolute atomic E-state index is 0.401. The normalized spacial score (nSPS) is 27.0. The first-order valence-corrected chi connectivity index (χ1v) is 9.74. The molecule has 0 aromatic heterocycles. The molecule has 2 saturated heterocycles. The van der Waals surface area contributed by atoms with E-state index in [1.807, 2.05) is 0 Å². The maximum atomic E-state index is 6.00. The zero-order valence-corrected chi connectivity index (χ0v) is 16.1. The first-order valence-electron chi connectivity index (χ1n) is 9.74. The van der Waals surface area contributed by atoms with Crippen LogP contribution in [0.1, 0.15) is 41.0 Å². The average Bonchev–Trinajstić information content (AvgIpc) is 2.48. The molecular formula is C19H39N3O. The van der Waals surface area contributed by atoms with E-state index in [1.165, 1.54) is 39.1 Å². The van der Waals surface area contributed by atoms with Crippen LogP contribution in [0, 0.1) is 11.8 Å². The fourth-order valence-corrected chi connectivity index (χ4v) is 4.08. The number of morpholine rings is 1. The summed E-state index contributed by atoms with van der Waals surface area (Å²) in [7, 11) is 0. The summed E-state index contributed by atoms with van der Waals surface area (Å²) in [6.45, 7) is 22.0. The van der Waals surface area contributed by atoms with Gasteiger partial charge in [-0.3, -0.25) is 9.80 Å². The van der Waals surface area contributed by atoms with Gasteiger partial charge < -0.3 is 9.64 Å². The highest BCUT2D eigenvalue weighted by molar-refractivity contribution is 4.80. The lowest BCUT2D eigenvalue weighted by Gasteiger charge is -2.40. The topological polar surface area (TPSA) is 19.0 Å². The van der Waals surface area contributed by atoms with E-state index in [9.17, 15) is 0 Å². The second-order valence-corrected chi connectivity index (χ2v) is 8.42. The Morgan fingerprint density at radius 1 is 0.913 bits per heavy atom. The molecular weight excluding hydrogens is 286 g/mol. The van der Waals surface area contributed by atoms with E-state index in [0.29, 0.717) is 12.1 Å². The van der Waals surface area contributed by atoms with Gasteiger partial charge in [0.2, 0.25) is 0 Å². The molecule has 0 aromatic rings. The van der Waals surface area contributed by atoms with Crippen LogP contribution in [-0.4, -0.2) is 85.8 Å². The maximum Gasteiger partial charge on any atom is 0.0829 e. The van der Waals surface area contributed by atoms with Gasteiger partial charge in [-0.05, 0) is 32.1 Å². The van der Waals surface area contributed by atoms with E-state index in [4.69, 9.17) is 4.74 Å². The van der Waals surface area contributed by atoms with Crippen LogP contribution in [0.2, 0.25) is 0 Å². The van der Waals surface area contributed by atoms with E-state index >= 15 is 0 Å². The van der Waals surface area contributed by atoms with Crippen molar-refractivity contribution in [3.05, 3.63) is 0 Å². The van der Waals surface area contributed by atoms with Gasteiger partial charge in [0.1, 0.15) is 0 Å². The van der Waals surface area contributed by atoms with Crippen LogP contribution in [0.25, 0.3) is 0 Å². The largest absolute Gasteiger partial charge is 0.374 e. The molecule has 2 aliphatic heterocycles. The molecule has 2 rings (SSSR count). The lowest BCUT2D eigenvalue weighted by molar-refractivity contribution is -0.0566. The summed E-state index contributed by atoms with van der Waals surface area (Å²) in [5.74, 6) is 1.64. The Labute approximate surface area is 144 Å². The third-order valence-corrected chi connectivity index (χ3v) is 5.27. The van der Waals surface area contributed by atoms with Crippen LogP contribution >= 0.6 is 0 Å². The van der Waals surface area contributed by atoms with E-state index in [0.717, 1.165) is 38.1 Å². The van der Waals surface area contributed by atoms with Crippen molar-refractivity contribution in [1.82, 2.24) is 14.7 Å². The molecule has 0 aromatic carbocycles. The summed E-state index contributed by atoms with van der Waals surface area (Å²) in [4.78, 5) is 7.82. The molecule has 2 aliphatic rings. The van der Waals surface area contributed by atoms with Crippen molar-refractivity contribution < 1.29 is 4.74 Å². The number of rotatable bonds is 7. The third kappa shape index (κ3) is 6.69. The predicted molar refractivity (Wildman–Crippen MR) is 97.9 cm³/mol. The Bertz CT molecular complexity index is 327. The SMILES string of the molecule is CC(C)CC(C)CN1CCN(CC2CN(C(C)C)CCO2)CC1. The first-order chi connectivity index (χ1) is 10.9. The van der Waals surface area contributed by atoms with Gasteiger partial charge in [0.15, 0.2) is 0 Å². The van der Waals surface area contributed by atoms with Crippen molar-refractivity contribution in [2.24, 2.45) is 11.8 Å². The zero-order chi connectivity index (χ0) is 16.8. The van der Waals surface area contributed by atoms with E-state index in [-0.39, 0.29) is 0 Å². The molecule has 0 N–H and O–H groups in total. The second kappa shape index (κ2) is 9.36. The average molecular weight is 326 g/mol. The Morgan fingerprint density at radius 2 is 1.57 bits per heavy atom. The Morgan fingerprint density at radius 3 is 2.17 bits per heavy atom. The number of ether oxygens (including phenoxy) is 1. The third-order valence-electron chi connectivity index (χ3n) is 5.27. The first kappa shape index (κ1) is 19.2. The predicted octanol–water partition coefficient (Wildman–Crippen LogP) is 2.40. The smallest absolute Gasteiger partial charge is 0.0829 e. The highest BCUT2D eigenvalue weighted by atomic mass is 16.5. The lowest BCUT2D eigenvalue weighted by atomic mass is 9.98. The quantitative estimate of drug-likeness (QED) is 0.715. The van der Waals surface area contributed by atoms with E-state index < -0.39 is 0 Å². The van der Waals surface area contributed by atoms with Crippen LogP contribution in [-0.2, 0) is 4.74 Å². The van der Waals surface area contributed by atoms with Gasteiger partial charge in [0, 0.05) is 58.4 Å². The Kier molecular flexibility index (Phi) is 7.80. The molecule has 4 heteroatoms. The van der Waals surface area contributed by atoms with Crippen molar-refractivity contribution in [1.29, 1.82) is 0 Å². The number of piperazine rings is 1. The molecule has 4 nitrogen and oxygen atoms in total. The summed E-state index contributed by atoms with van der Waals surface area (Å²) in [5.41, 5.74) is 0. The molecule has 0 aliphatic carbocycles. The summed E-state index contributed by atoms with van der Waals surface area (Å²) in [6.07, 6.45) is 1.75. The summed E-state index contributed by atoms with van der Waals surface area (Å²) in [5, 5.41) is 0. The lowest BCUT2D eigenvalue weighted by Crippen LogP contribution is -2.53. The summed E-state index contributed by atoms with van der Waals surface area (Å²) >= 11 is 0. The molecule has 2 atom stereocenters. The van der Waals surface area contributed by atoms with Crippen molar-refractivity contribution in [3.8, 4) is 0 Å². The Hall–Kier alpha value is -0.160. The molecule has 0 spiro atoms. The van der Waals surface area contributed by atoms with Crippen molar-refractivity contribution in [2.45, 2.75) is 53.2 Å². The van der Waals surface area contributed by atoms with Gasteiger partial charge in [-0.1, -0.05) is 20.8 Å². The minimum atomic E-state index is 0.401. The van der Waals surface area contributed by atoms with E-state index in [2.05, 4.69) is 49.3 Å². The van der Waals surface area contributed by atoms with Crippen LogP contribution in [0.3, 0.4) is 0 Å². The number of hydrogen-bond donors (Lipinski definition) is 0. The van der Waals surface area contributed by atoms with Crippen LogP contribution in [0.4, 0.5) is 0 Å². The molecule has 2 fully saturated rings. The molecule has 0 amide bonds. The zero-order valence-electron chi connectivity index (χ0n) is 16.1. The van der Waals surface area contributed by atoms with Crippen molar-refractivity contribution >= 4 is 0 Å². The molecule has 2 heterocycles. The molecule has 0 saturated carbocycles. The van der Waals surface area contributed by atoms with Gasteiger partial charge in [-0.2, -0.15) is 0 Å². The van der Waals surface area contributed by atoms with Gasteiger partial charge in [0.25, 0.3) is 0 Å². The number of hydrogen-bond acceptors (Lipinski definition) is 4. The van der Waals surface area contributed by atoms with Crippen molar-refractivity contribution in [2.75, 3.05) is 59.0 Å². The van der Waals surface area contributed by atoms with E-state index in [1.54, 1.807) is 0 Å². The second-order valence-electron chi connectivity index (χ2n) is 8.42. The fourth-order valence-electron chi connectivity index (χ4n) is 4.08.